The molecule has 2 aromatic rings. The SMILES string of the molecule is [B]C([B])(C1CCOCC1)N1C[C@H]2CC(Nc3nnc(-c4cc(F)ccc4C)cc3C(F)(F)F)C[C@H]2C1. The van der Waals surface area contributed by atoms with Crippen LogP contribution in [-0.2, 0) is 10.9 Å². The second kappa shape index (κ2) is 9.63. The number of nitrogens with one attached hydrogen (secondary N) is 1. The topological polar surface area (TPSA) is 50.3 Å². The number of hydrogen-bond donors (Lipinski definition) is 1. The van der Waals surface area contributed by atoms with E-state index in [9.17, 15) is 17.6 Å². The first kappa shape index (κ1) is 25.5. The summed E-state index contributed by atoms with van der Waals surface area (Å²) in [6, 6.07) is 4.72. The zero-order valence-corrected chi connectivity index (χ0v) is 20.2. The van der Waals surface area contributed by atoms with Gasteiger partial charge in [-0.3, -0.25) is 0 Å². The van der Waals surface area contributed by atoms with E-state index in [1.165, 1.54) is 18.2 Å². The van der Waals surface area contributed by atoms with Crippen LogP contribution in [0.5, 0.6) is 0 Å². The Balaban J connectivity index is 1.29. The van der Waals surface area contributed by atoms with E-state index in [4.69, 9.17) is 20.4 Å². The van der Waals surface area contributed by atoms with Crippen LogP contribution in [0.2, 0.25) is 0 Å². The number of halogens is 4. The Bertz CT molecular complexity index is 1100. The standard InChI is InChI=1S/C25H28B2F4N4O/c1-14-2-3-18(28)10-20(14)22-11-21(25(29,30)31)23(34-33-22)32-19-8-15-12-35(13-16(15)9-19)24(26,27)17-4-6-36-7-5-17/h2-3,10-11,15-17,19H,4-9,12-13H2,1H3,(H,32,34)/t15-,16+,19?. The minimum atomic E-state index is -4.64. The van der Waals surface area contributed by atoms with Crippen LogP contribution < -0.4 is 5.32 Å². The minimum absolute atomic E-state index is 0.0147. The Hall–Kier alpha value is -2.13. The molecule has 1 aromatic heterocycles. The van der Waals surface area contributed by atoms with Gasteiger partial charge in [0.15, 0.2) is 5.82 Å². The van der Waals surface area contributed by atoms with Crippen molar-refractivity contribution in [2.75, 3.05) is 31.6 Å². The van der Waals surface area contributed by atoms with Crippen molar-refractivity contribution in [2.45, 2.75) is 50.2 Å². The summed E-state index contributed by atoms with van der Waals surface area (Å²) in [7, 11) is 13.1. The lowest BCUT2D eigenvalue weighted by atomic mass is 9.52. The van der Waals surface area contributed by atoms with Crippen LogP contribution in [0.4, 0.5) is 23.4 Å². The first-order chi connectivity index (χ1) is 17.0. The van der Waals surface area contributed by atoms with Crippen LogP contribution in [0.15, 0.2) is 24.3 Å². The number of fused-ring (bicyclic) bond motifs is 1. The molecule has 4 radical (unpaired) electrons. The number of anilines is 1. The smallest absolute Gasteiger partial charge is 0.381 e. The van der Waals surface area contributed by atoms with E-state index in [1.807, 2.05) is 0 Å². The lowest BCUT2D eigenvalue weighted by Gasteiger charge is -2.45. The van der Waals surface area contributed by atoms with Gasteiger partial charge in [-0.2, -0.15) is 13.2 Å². The Morgan fingerprint density at radius 1 is 1.03 bits per heavy atom. The predicted molar refractivity (Wildman–Crippen MR) is 130 cm³/mol. The zero-order valence-electron chi connectivity index (χ0n) is 20.2. The molecule has 0 spiro atoms. The van der Waals surface area contributed by atoms with Crippen molar-refractivity contribution < 1.29 is 22.3 Å². The van der Waals surface area contributed by atoms with Crippen molar-refractivity contribution in [3.8, 4) is 11.3 Å². The summed E-state index contributed by atoms with van der Waals surface area (Å²) < 4.78 is 61.1. The highest BCUT2D eigenvalue weighted by Gasteiger charge is 2.47. The van der Waals surface area contributed by atoms with E-state index in [-0.39, 0.29) is 29.0 Å². The van der Waals surface area contributed by atoms with Gasteiger partial charge >= 0.3 is 6.18 Å². The lowest BCUT2D eigenvalue weighted by Crippen LogP contribution is -2.56. The molecule has 3 fully saturated rings. The van der Waals surface area contributed by atoms with E-state index in [1.54, 1.807) is 6.92 Å². The molecule has 3 atom stereocenters. The second-order valence-electron chi connectivity index (χ2n) is 10.5. The fraction of sp³-hybridized carbons (Fsp3) is 0.600. The van der Waals surface area contributed by atoms with Gasteiger partial charge in [0.2, 0.25) is 0 Å². The molecule has 1 saturated carbocycles. The van der Waals surface area contributed by atoms with E-state index in [0.717, 1.165) is 32.0 Å². The number of alkyl halides is 3. The van der Waals surface area contributed by atoms with Crippen LogP contribution >= 0.6 is 0 Å². The van der Waals surface area contributed by atoms with Crippen molar-refractivity contribution >= 4 is 21.5 Å². The Morgan fingerprint density at radius 3 is 2.33 bits per heavy atom. The number of benzene rings is 1. The lowest BCUT2D eigenvalue weighted by molar-refractivity contribution is -0.137. The molecule has 0 bridgehead atoms. The summed E-state index contributed by atoms with van der Waals surface area (Å²) in [6.45, 7) is 4.46. The first-order valence-electron chi connectivity index (χ1n) is 12.4. The van der Waals surface area contributed by atoms with Crippen molar-refractivity contribution in [1.82, 2.24) is 15.1 Å². The van der Waals surface area contributed by atoms with E-state index in [2.05, 4.69) is 20.4 Å². The molecule has 1 N–H and O–H groups in total. The summed E-state index contributed by atoms with van der Waals surface area (Å²) in [5.74, 6) is -0.0913. The molecule has 0 amide bonds. The summed E-state index contributed by atoms with van der Waals surface area (Å²) in [5, 5.41) is 10.00. The molecule has 3 aliphatic rings. The van der Waals surface area contributed by atoms with Gasteiger partial charge in [0, 0.05) is 37.9 Å². The number of aromatic nitrogens is 2. The van der Waals surface area contributed by atoms with Crippen molar-refractivity contribution in [3.63, 3.8) is 0 Å². The van der Waals surface area contributed by atoms with Gasteiger partial charge in [-0.1, -0.05) is 11.4 Å². The molecule has 5 rings (SSSR count). The van der Waals surface area contributed by atoms with Gasteiger partial charge in [-0.25, -0.2) is 4.39 Å². The fourth-order valence-electron chi connectivity index (χ4n) is 6.06. The molecule has 36 heavy (non-hydrogen) atoms. The monoisotopic (exact) mass is 498 g/mol. The van der Waals surface area contributed by atoms with Crippen molar-refractivity contribution in [2.24, 2.45) is 17.8 Å². The number of likely N-dealkylation sites (tertiary alicyclic amines) is 1. The minimum Gasteiger partial charge on any atom is -0.381 e. The van der Waals surface area contributed by atoms with Crippen LogP contribution in [0.1, 0.15) is 36.8 Å². The van der Waals surface area contributed by atoms with E-state index < -0.39 is 22.9 Å². The Kier molecular flexibility index (Phi) is 6.83. The Labute approximate surface area is 211 Å². The summed E-state index contributed by atoms with van der Waals surface area (Å²) in [5.41, 5.74) is -0.0209. The third kappa shape index (κ3) is 5.01. The van der Waals surface area contributed by atoms with Gasteiger partial charge in [0.05, 0.1) is 21.4 Å². The number of aryl methyl sites for hydroxylation is 1. The van der Waals surface area contributed by atoms with Gasteiger partial charge < -0.3 is 15.0 Å². The van der Waals surface area contributed by atoms with Crippen LogP contribution in [-0.4, -0.2) is 68.5 Å². The average Bonchev–Trinajstić information content (AvgIpc) is 3.40. The maximum absolute atomic E-state index is 14.0. The summed E-state index contributed by atoms with van der Waals surface area (Å²) in [4.78, 5) is 2.14. The van der Waals surface area contributed by atoms with Crippen LogP contribution in [0.25, 0.3) is 11.3 Å². The van der Waals surface area contributed by atoms with E-state index in [0.29, 0.717) is 43.5 Å². The predicted octanol–water partition coefficient (Wildman–Crippen LogP) is 4.15. The van der Waals surface area contributed by atoms with Gasteiger partial charge in [0.25, 0.3) is 0 Å². The molecule has 1 aliphatic carbocycles. The Morgan fingerprint density at radius 2 is 1.69 bits per heavy atom. The number of rotatable bonds is 5. The quantitative estimate of drug-likeness (QED) is 0.496. The summed E-state index contributed by atoms with van der Waals surface area (Å²) in [6.07, 6.45) is -1.58. The number of ether oxygens (including phenoxy) is 1. The largest absolute Gasteiger partial charge is 0.420 e. The molecular formula is C25H28B2F4N4O. The third-order valence-corrected chi connectivity index (χ3v) is 8.09. The maximum Gasteiger partial charge on any atom is 0.420 e. The zero-order chi connectivity index (χ0) is 25.7. The average molecular weight is 498 g/mol. The van der Waals surface area contributed by atoms with Gasteiger partial charge in [-0.15, -0.1) is 10.2 Å². The second-order valence-corrected chi connectivity index (χ2v) is 10.5. The normalized spacial score (nSPS) is 25.8. The molecule has 3 heterocycles. The molecule has 11 heteroatoms. The fourth-order valence-corrected chi connectivity index (χ4v) is 6.06. The summed E-state index contributed by atoms with van der Waals surface area (Å²) >= 11 is 0. The molecule has 188 valence electrons. The van der Waals surface area contributed by atoms with Crippen molar-refractivity contribution in [1.29, 1.82) is 0 Å². The van der Waals surface area contributed by atoms with Gasteiger partial charge in [-0.05, 0) is 74.1 Å². The molecule has 2 saturated heterocycles. The van der Waals surface area contributed by atoms with Crippen LogP contribution in [0.3, 0.4) is 0 Å². The number of nitrogens with zero attached hydrogens (tertiary/aromatic N) is 3. The highest BCUT2D eigenvalue weighted by atomic mass is 19.4. The molecule has 1 aromatic carbocycles. The molecule has 2 aliphatic heterocycles. The highest BCUT2D eigenvalue weighted by molar-refractivity contribution is 6.40. The highest BCUT2D eigenvalue weighted by Crippen LogP contribution is 2.44. The molecule has 1 unspecified atom stereocenters. The first-order valence-corrected chi connectivity index (χ1v) is 12.4. The number of hydrogen-bond acceptors (Lipinski definition) is 5. The molecular weight excluding hydrogens is 470 g/mol. The third-order valence-electron chi connectivity index (χ3n) is 8.09. The molecule has 5 nitrogen and oxygen atoms in total. The van der Waals surface area contributed by atoms with Gasteiger partial charge in [0.1, 0.15) is 11.4 Å². The van der Waals surface area contributed by atoms with Crippen LogP contribution in [0, 0.1) is 30.5 Å². The van der Waals surface area contributed by atoms with Crippen molar-refractivity contribution in [3.05, 3.63) is 41.2 Å². The van der Waals surface area contributed by atoms with E-state index >= 15 is 0 Å². The maximum atomic E-state index is 14.0.